The number of amides is 2. The molecule has 0 radical (unpaired) electrons. The predicted molar refractivity (Wildman–Crippen MR) is 77.7 cm³/mol. The van der Waals surface area contributed by atoms with Crippen LogP contribution in [0.3, 0.4) is 0 Å². The first-order chi connectivity index (χ1) is 10.3. The lowest BCUT2D eigenvalue weighted by atomic mass is 10.0. The van der Waals surface area contributed by atoms with E-state index in [1.165, 1.54) is 6.92 Å². The van der Waals surface area contributed by atoms with Gasteiger partial charge in [-0.05, 0) is 19.1 Å². The van der Waals surface area contributed by atoms with Crippen LogP contribution < -0.4 is 16.6 Å². The molecule has 1 atom stereocenters. The first-order valence-corrected chi connectivity index (χ1v) is 6.69. The molecule has 2 amide bonds. The van der Waals surface area contributed by atoms with Crippen LogP contribution in [0, 0.1) is 6.92 Å². The van der Waals surface area contributed by atoms with E-state index in [1.807, 2.05) is 5.32 Å². The number of aliphatic hydroxyl groups is 1. The van der Waals surface area contributed by atoms with Crippen molar-refractivity contribution in [3.05, 3.63) is 34.4 Å². The average molecular weight is 302 g/mol. The van der Waals surface area contributed by atoms with Crippen molar-refractivity contribution >= 4 is 28.4 Å². The SMILES string of the molecule is Cc1nc2cccc(N)c2c(=O)n1C1(O)CCC(=O)NC1=O. The Hall–Kier alpha value is -2.74. The third-order valence-corrected chi connectivity index (χ3v) is 3.78. The third-order valence-electron chi connectivity index (χ3n) is 3.78. The molecule has 1 aromatic heterocycles. The van der Waals surface area contributed by atoms with Crippen molar-refractivity contribution in [2.75, 3.05) is 5.73 Å². The number of fused-ring (bicyclic) bond motifs is 1. The number of aryl methyl sites for hydroxylation is 1. The van der Waals surface area contributed by atoms with Crippen molar-refractivity contribution in [1.29, 1.82) is 0 Å². The standard InChI is InChI=1S/C14H14N4O4/c1-7-16-9-4-2-3-8(15)11(9)12(20)18(7)14(22)6-5-10(19)17-13(14)21/h2-4,22H,5-6,15H2,1H3,(H,17,19,21). The van der Waals surface area contributed by atoms with Crippen molar-refractivity contribution in [2.45, 2.75) is 25.5 Å². The molecule has 4 N–H and O–H groups in total. The Morgan fingerprint density at radius 1 is 1.36 bits per heavy atom. The summed E-state index contributed by atoms with van der Waals surface area (Å²) in [5.41, 5.74) is 3.64. The lowest BCUT2D eigenvalue weighted by Gasteiger charge is -2.32. The average Bonchev–Trinajstić information content (AvgIpc) is 2.43. The number of nitrogens with one attached hydrogen (secondary N) is 1. The molecule has 1 fully saturated rings. The van der Waals surface area contributed by atoms with Crippen LogP contribution >= 0.6 is 0 Å². The van der Waals surface area contributed by atoms with Crippen LogP contribution in [0.15, 0.2) is 23.0 Å². The first-order valence-electron chi connectivity index (χ1n) is 6.69. The third kappa shape index (κ3) is 1.88. The van der Waals surface area contributed by atoms with E-state index in [-0.39, 0.29) is 29.7 Å². The molecule has 1 aliphatic rings. The highest BCUT2D eigenvalue weighted by Crippen LogP contribution is 2.25. The number of rotatable bonds is 1. The van der Waals surface area contributed by atoms with E-state index >= 15 is 0 Å². The summed E-state index contributed by atoms with van der Waals surface area (Å²) in [7, 11) is 0. The number of nitrogens with two attached hydrogens (primary N) is 1. The van der Waals surface area contributed by atoms with Gasteiger partial charge in [0.05, 0.1) is 10.9 Å². The van der Waals surface area contributed by atoms with Gasteiger partial charge in [-0.3, -0.25) is 24.3 Å². The Balaban J connectivity index is 2.32. The fourth-order valence-corrected chi connectivity index (χ4v) is 2.71. The quantitative estimate of drug-likeness (QED) is 0.475. The molecule has 8 nitrogen and oxygen atoms in total. The number of carbonyl (C=O) groups excluding carboxylic acids is 2. The Labute approximate surface area is 124 Å². The Kier molecular flexibility index (Phi) is 2.99. The number of carbonyl (C=O) groups is 2. The van der Waals surface area contributed by atoms with E-state index in [0.717, 1.165) is 4.57 Å². The molecule has 0 spiro atoms. The molecular weight excluding hydrogens is 288 g/mol. The van der Waals surface area contributed by atoms with E-state index < -0.39 is 23.1 Å². The molecule has 8 heteroatoms. The van der Waals surface area contributed by atoms with Gasteiger partial charge in [-0.1, -0.05) is 6.07 Å². The fourth-order valence-electron chi connectivity index (χ4n) is 2.71. The summed E-state index contributed by atoms with van der Waals surface area (Å²) in [6, 6.07) is 4.83. The number of imide groups is 1. The van der Waals surface area contributed by atoms with Crippen LogP contribution in [0.2, 0.25) is 0 Å². The topological polar surface area (TPSA) is 127 Å². The molecule has 1 saturated heterocycles. The summed E-state index contributed by atoms with van der Waals surface area (Å²) in [6.45, 7) is 1.51. The smallest absolute Gasteiger partial charge is 0.280 e. The maximum Gasteiger partial charge on any atom is 0.280 e. The highest BCUT2D eigenvalue weighted by atomic mass is 16.3. The number of anilines is 1. The van der Waals surface area contributed by atoms with Crippen LogP contribution in [0.1, 0.15) is 18.7 Å². The van der Waals surface area contributed by atoms with Crippen molar-refractivity contribution < 1.29 is 14.7 Å². The van der Waals surface area contributed by atoms with Crippen molar-refractivity contribution in [1.82, 2.24) is 14.9 Å². The second-order valence-electron chi connectivity index (χ2n) is 5.23. The van der Waals surface area contributed by atoms with Crippen molar-refractivity contribution in [3.63, 3.8) is 0 Å². The number of aromatic nitrogens is 2. The summed E-state index contributed by atoms with van der Waals surface area (Å²) < 4.78 is 0.896. The van der Waals surface area contributed by atoms with E-state index in [9.17, 15) is 19.5 Å². The van der Waals surface area contributed by atoms with Gasteiger partial charge in [0.25, 0.3) is 11.5 Å². The normalized spacial score (nSPS) is 21.9. The molecule has 22 heavy (non-hydrogen) atoms. The van der Waals surface area contributed by atoms with Gasteiger partial charge in [-0.2, -0.15) is 0 Å². The van der Waals surface area contributed by atoms with Crippen LogP contribution in [0.5, 0.6) is 0 Å². The van der Waals surface area contributed by atoms with Crippen LogP contribution in [0.25, 0.3) is 10.9 Å². The van der Waals surface area contributed by atoms with Gasteiger partial charge >= 0.3 is 0 Å². The molecular formula is C14H14N4O4. The molecule has 114 valence electrons. The van der Waals surface area contributed by atoms with Gasteiger partial charge in [0.2, 0.25) is 11.6 Å². The minimum atomic E-state index is -2.15. The molecule has 2 heterocycles. The van der Waals surface area contributed by atoms with Gasteiger partial charge in [-0.15, -0.1) is 0 Å². The van der Waals surface area contributed by atoms with Crippen LogP contribution in [0.4, 0.5) is 5.69 Å². The molecule has 3 rings (SSSR count). The van der Waals surface area contributed by atoms with Crippen molar-refractivity contribution in [2.24, 2.45) is 0 Å². The number of benzene rings is 1. The number of hydrogen-bond acceptors (Lipinski definition) is 6. The van der Waals surface area contributed by atoms with Gasteiger partial charge in [-0.25, -0.2) is 4.98 Å². The van der Waals surface area contributed by atoms with Gasteiger partial charge in [0.15, 0.2) is 0 Å². The van der Waals surface area contributed by atoms with E-state index in [0.29, 0.717) is 5.52 Å². The second kappa shape index (κ2) is 4.63. The van der Waals surface area contributed by atoms with Crippen LogP contribution in [-0.4, -0.2) is 26.5 Å². The fraction of sp³-hybridized carbons (Fsp3) is 0.286. The largest absolute Gasteiger partial charge is 0.398 e. The maximum atomic E-state index is 12.7. The molecule has 0 saturated carbocycles. The second-order valence-corrected chi connectivity index (χ2v) is 5.23. The monoisotopic (exact) mass is 302 g/mol. The van der Waals surface area contributed by atoms with Gasteiger partial charge < -0.3 is 10.8 Å². The molecule has 1 unspecified atom stereocenters. The van der Waals surface area contributed by atoms with Crippen LogP contribution in [-0.2, 0) is 15.3 Å². The Morgan fingerprint density at radius 3 is 2.77 bits per heavy atom. The molecule has 0 aliphatic carbocycles. The minimum absolute atomic E-state index is 0.0730. The lowest BCUT2D eigenvalue weighted by molar-refractivity contribution is -0.161. The molecule has 2 aromatic rings. The highest BCUT2D eigenvalue weighted by Gasteiger charge is 2.44. The van der Waals surface area contributed by atoms with E-state index in [2.05, 4.69) is 4.98 Å². The number of nitrogens with zero attached hydrogens (tertiary/aromatic N) is 2. The zero-order valence-corrected chi connectivity index (χ0v) is 11.8. The van der Waals surface area contributed by atoms with E-state index in [4.69, 9.17) is 5.73 Å². The molecule has 1 aliphatic heterocycles. The summed E-state index contributed by atoms with van der Waals surface area (Å²) in [5.74, 6) is -1.27. The van der Waals surface area contributed by atoms with Crippen molar-refractivity contribution in [3.8, 4) is 0 Å². The first kappa shape index (κ1) is 14.2. The number of nitrogen functional groups attached to an aromatic ring is 1. The predicted octanol–water partition coefficient (Wildman–Crippen LogP) is -0.631. The maximum absolute atomic E-state index is 12.7. The lowest BCUT2D eigenvalue weighted by Crippen LogP contribution is -2.58. The Bertz CT molecular complexity index is 873. The Morgan fingerprint density at radius 2 is 2.09 bits per heavy atom. The number of piperidine rings is 1. The summed E-state index contributed by atoms with van der Waals surface area (Å²) in [6.07, 6.45) is -0.269. The zero-order valence-electron chi connectivity index (χ0n) is 11.8. The zero-order chi connectivity index (χ0) is 16.1. The van der Waals surface area contributed by atoms with Gasteiger partial charge in [0.1, 0.15) is 5.82 Å². The molecule has 0 bridgehead atoms. The summed E-state index contributed by atoms with van der Waals surface area (Å²) >= 11 is 0. The summed E-state index contributed by atoms with van der Waals surface area (Å²) in [5, 5.41) is 12.8. The van der Waals surface area contributed by atoms with Gasteiger partial charge in [0, 0.05) is 18.5 Å². The number of hydrogen-bond donors (Lipinski definition) is 3. The molecule has 1 aromatic carbocycles. The van der Waals surface area contributed by atoms with E-state index in [1.54, 1.807) is 18.2 Å². The highest BCUT2D eigenvalue weighted by molar-refractivity contribution is 6.01. The minimum Gasteiger partial charge on any atom is -0.398 e. The summed E-state index contributed by atoms with van der Waals surface area (Å²) in [4.78, 5) is 40.3.